The van der Waals surface area contributed by atoms with E-state index < -0.39 is 6.04 Å². The molecule has 0 saturated heterocycles. The van der Waals surface area contributed by atoms with Gasteiger partial charge in [-0.25, -0.2) is 0 Å². The van der Waals surface area contributed by atoms with Crippen LogP contribution in [0.15, 0.2) is 18.2 Å². The molecule has 5 nitrogen and oxygen atoms in total. The lowest BCUT2D eigenvalue weighted by Crippen LogP contribution is -2.44. The van der Waals surface area contributed by atoms with Gasteiger partial charge in [-0.05, 0) is 31.4 Å². The minimum Gasteiger partial charge on any atom is -0.491 e. The maximum atomic E-state index is 12.1. The molecule has 1 rings (SSSR count). The number of carbonyl (C=O) groups excluding carboxylic acids is 1. The van der Waals surface area contributed by atoms with Gasteiger partial charge in [-0.1, -0.05) is 32.4 Å². The van der Waals surface area contributed by atoms with E-state index in [9.17, 15) is 4.79 Å². The van der Waals surface area contributed by atoms with Gasteiger partial charge in [0.05, 0.1) is 12.6 Å². The number of aryl methyl sites for hydroxylation is 1. The van der Waals surface area contributed by atoms with Crippen LogP contribution in [-0.2, 0) is 16.1 Å². The zero-order valence-electron chi connectivity index (χ0n) is 15.1. The van der Waals surface area contributed by atoms with Gasteiger partial charge >= 0.3 is 0 Å². The van der Waals surface area contributed by atoms with Crippen molar-refractivity contribution in [2.24, 2.45) is 11.7 Å². The molecule has 1 aromatic rings. The van der Waals surface area contributed by atoms with Crippen LogP contribution in [0.1, 0.15) is 38.3 Å². The van der Waals surface area contributed by atoms with Crippen molar-refractivity contribution in [3.05, 3.63) is 29.3 Å². The monoisotopic (exact) mass is 358 g/mol. The average Bonchev–Trinajstić information content (AvgIpc) is 2.56. The van der Waals surface area contributed by atoms with E-state index in [4.69, 9.17) is 15.2 Å². The zero-order valence-corrected chi connectivity index (χ0v) is 15.9. The molecule has 2 atom stereocenters. The molecule has 6 heteroatoms. The number of amides is 1. The summed E-state index contributed by atoms with van der Waals surface area (Å²) in [7, 11) is 0. The minimum absolute atomic E-state index is 0. The number of nitrogens with one attached hydrogen (secondary N) is 1. The Morgan fingerprint density at radius 3 is 2.62 bits per heavy atom. The van der Waals surface area contributed by atoms with Crippen LogP contribution in [0.3, 0.4) is 0 Å². The third-order valence-electron chi connectivity index (χ3n) is 3.92. The largest absolute Gasteiger partial charge is 0.491 e. The molecule has 24 heavy (non-hydrogen) atoms. The number of hydrogen-bond donors (Lipinski definition) is 2. The number of hydrogen-bond acceptors (Lipinski definition) is 4. The Labute approximate surface area is 151 Å². The van der Waals surface area contributed by atoms with Gasteiger partial charge in [0, 0.05) is 18.7 Å². The maximum Gasteiger partial charge on any atom is 0.237 e. The molecule has 0 aliphatic carbocycles. The molecule has 0 bridgehead atoms. The summed E-state index contributed by atoms with van der Waals surface area (Å²) in [6, 6.07) is 5.47. The van der Waals surface area contributed by atoms with Gasteiger partial charge in [-0.3, -0.25) is 4.79 Å². The van der Waals surface area contributed by atoms with Crippen molar-refractivity contribution >= 4 is 18.3 Å². The molecule has 138 valence electrons. The highest BCUT2D eigenvalue weighted by Crippen LogP contribution is 2.20. The molecule has 1 aromatic carbocycles. The van der Waals surface area contributed by atoms with Crippen LogP contribution in [0.2, 0.25) is 0 Å². The highest BCUT2D eigenvalue weighted by atomic mass is 35.5. The molecule has 0 aliphatic heterocycles. The van der Waals surface area contributed by atoms with Gasteiger partial charge in [0.15, 0.2) is 0 Å². The lowest BCUT2D eigenvalue weighted by molar-refractivity contribution is -0.123. The van der Waals surface area contributed by atoms with Crippen LogP contribution in [0, 0.1) is 12.8 Å². The van der Waals surface area contributed by atoms with Crippen molar-refractivity contribution in [1.82, 2.24) is 5.32 Å². The first-order valence-corrected chi connectivity index (χ1v) is 8.32. The fourth-order valence-electron chi connectivity index (χ4n) is 2.11. The topological polar surface area (TPSA) is 73.6 Å². The molecule has 3 N–H and O–H groups in total. The average molecular weight is 359 g/mol. The number of rotatable bonds is 10. The summed E-state index contributed by atoms with van der Waals surface area (Å²) in [6.07, 6.45) is 0.880. The molecule has 0 aromatic heterocycles. The molecule has 0 radical (unpaired) electrons. The van der Waals surface area contributed by atoms with Gasteiger partial charge in [0.1, 0.15) is 12.4 Å². The second-order valence-electron chi connectivity index (χ2n) is 5.79. The van der Waals surface area contributed by atoms with E-state index in [1.165, 1.54) is 0 Å². The van der Waals surface area contributed by atoms with Gasteiger partial charge in [0.25, 0.3) is 0 Å². The number of ether oxygens (including phenoxy) is 2. The van der Waals surface area contributed by atoms with Crippen LogP contribution in [0.5, 0.6) is 5.75 Å². The van der Waals surface area contributed by atoms with Crippen molar-refractivity contribution in [3.63, 3.8) is 0 Å². The van der Waals surface area contributed by atoms with Crippen LogP contribution in [-0.4, -0.2) is 31.8 Å². The molecule has 0 heterocycles. The highest BCUT2D eigenvalue weighted by molar-refractivity contribution is 5.85. The summed E-state index contributed by atoms with van der Waals surface area (Å²) in [4.78, 5) is 12.1. The van der Waals surface area contributed by atoms with E-state index in [-0.39, 0.29) is 24.2 Å². The molecule has 0 saturated carbocycles. The predicted octanol–water partition coefficient (Wildman–Crippen LogP) is 2.82. The van der Waals surface area contributed by atoms with Crippen molar-refractivity contribution in [3.8, 4) is 5.75 Å². The Hall–Kier alpha value is -1.30. The van der Waals surface area contributed by atoms with Crippen LogP contribution in [0.4, 0.5) is 0 Å². The zero-order chi connectivity index (χ0) is 17.2. The summed E-state index contributed by atoms with van der Waals surface area (Å²) in [5.41, 5.74) is 8.01. The van der Waals surface area contributed by atoms with Gasteiger partial charge in [-0.2, -0.15) is 0 Å². The number of carbonyl (C=O) groups is 1. The number of halogens is 1. The third-order valence-corrected chi connectivity index (χ3v) is 3.92. The first-order valence-electron chi connectivity index (χ1n) is 8.32. The molecular weight excluding hydrogens is 328 g/mol. The van der Waals surface area contributed by atoms with Crippen LogP contribution < -0.4 is 15.8 Å². The molecule has 0 fully saturated rings. The van der Waals surface area contributed by atoms with Crippen molar-refractivity contribution in [1.29, 1.82) is 0 Å². The van der Waals surface area contributed by atoms with E-state index in [0.29, 0.717) is 26.4 Å². The summed E-state index contributed by atoms with van der Waals surface area (Å²) in [5, 5.41) is 2.90. The SMILES string of the molecule is CCOCCOc1cc(C)ccc1CNC(=O)C(N)C(C)CC.Cl. The third kappa shape index (κ3) is 7.51. The Kier molecular flexibility index (Phi) is 11.5. The predicted molar refractivity (Wildman–Crippen MR) is 99.7 cm³/mol. The second-order valence-corrected chi connectivity index (χ2v) is 5.79. The van der Waals surface area contributed by atoms with E-state index >= 15 is 0 Å². The Morgan fingerprint density at radius 2 is 2.00 bits per heavy atom. The van der Waals surface area contributed by atoms with E-state index in [2.05, 4.69) is 5.32 Å². The van der Waals surface area contributed by atoms with Gasteiger partial charge < -0.3 is 20.5 Å². The summed E-state index contributed by atoms with van der Waals surface area (Å²) < 4.78 is 11.1. The first kappa shape index (κ1) is 22.7. The normalized spacial score (nSPS) is 12.9. The Bertz CT molecular complexity index is 497. The smallest absolute Gasteiger partial charge is 0.237 e. The summed E-state index contributed by atoms with van der Waals surface area (Å²) in [5.74, 6) is 0.817. The highest BCUT2D eigenvalue weighted by Gasteiger charge is 2.19. The van der Waals surface area contributed by atoms with Gasteiger partial charge in [0.2, 0.25) is 5.91 Å². The lowest BCUT2D eigenvalue weighted by Gasteiger charge is -2.18. The fourth-order valence-corrected chi connectivity index (χ4v) is 2.11. The quantitative estimate of drug-likeness (QED) is 0.631. The Balaban J connectivity index is 0.00000529. The van der Waals surface area contributed by atoms with Crippen molar-refractivity contribution in [2.75, 3.05) is 19.8 Å². The van der Waals surface area contributed by atoms with Crippen LogP contribution >= 0.6 is 12.4 Å². The standard InChI is InChI=1S/C18H30N2O3.ClH/c1-5-14(4)17(19)18(21)20-12-15-8-7-13(3)11-16(15)23-10-9-22-6-2;/h7-8,11,14,17H,5-6,9-10,12,19H2,1-4H3,(H,20,21);1H. The summed E-state index contributed by atoms with van der Waals surface area (Å²) >= 11 is 0. The first-order chi connectivity index (χ1) is 11.0. The number of benzene rings is 1. The maximum absolute atomic E-state index is 12.1. The summed E-state index contributed by atoms with van der Waals surface area (Å²) in [6.45, 7) is 10.1. The molecule has 1 amide bonds. The van der Waals surface area contributed by atoms with Crippen molar-refractivity contribution < 1.29 is 14.3 Å². The molecule has 0 spiro atoms. The molecule has 0 aliphatic rings. The van der Waals surface area contributed by atoms with Gasteiger partial charge in [-0.15, -0.1) is 12.4 Å². The minimum atomic E-state index is -0.479. The van der Waals surface area contributed by atoms with E-state index in [1.54, 1.807) is 0 Å². The molecule has 2 unspecified atom stereocenters. The lowest BCUT2D eigenvalue weighted by atomic mass is 9.99. The fraction of sp³-hybridized carbons (Fsp3) is 0.611. The van der Waals surface area contributed by atoms with E-state index in [1.807, 2.05) is 45.9 Å². The van der Waals surface area contributed by atoms with Crippen molar-refractivity contribution in [2.45, 2.75) is 46.7 Å². The van der Waals surface area contributed by atoms with Crippen LogP contribution in [0.25, 0.3) is 0 Å². The second kappa shape index (κ2) is 12.1. The van der Waals surface area contributed by atoms with E-state index in [0.717, 1.165) is 23.3 Å². The Morgan fingerprint density at radius 1 is 1.29 bits per heavy atom. The molecular formula is C18H31ClN2O3. The number of nitrogens with two attached hydrogens (primary N) is 1.